The molecule has 0 aromatic carbocycles. The van der Waals surface area contributed by atoms with Gasteiger partial charge in [0.05, 0.1) is 18.1 Å². The lowest BCUT2D eigenvalue weighted by atomic mass is 9.96. The number of aromatic amines is 1. The summed E-state index contributed by atoms with van der Waals surface area (Å²) in [6.45, 7) is 15.6. The number of amides is 2. The van der Waals surface area contributed by atoms with Crippen LogP contribution in [0, 0.1) is 19.8 Å². The maximum absolute atomic E-state index is 13.2. The lowest BCUT2D eigenvalue weighted by molar-refractivity contribution is -0.126. The Bertz CT molecular complexity index is 844. The van der Waals surface area contributed by atoms with E-state index >= 15 is 0 Å². The van der Waals surface area contributed by atoms with Crippen molar-refractivity contribution in [3.63, 3.8) is 0 Å². The second-order valence-corrected chi connectivity index (χ2v) is 9.00. The number of aromatic nitrogens is 1. The maximum Gasteiger partial charge on any atom is 0.340 e. The van der Waals surface area contributed by atoms with Gasteiger partial charge in [-0.2, -0.15) is 0 Å². The molecule has 184 valence electrons. The number of nitrogens with zero attached hydrogens (tertiary/aromatic N) is 3. The van der Waals surface area contributed by atoms with Crippen molar-refractivity contribution in [3.05, 3.63) is 22.5 Å². The summed E-state index contributed by atoms with van der Waals surface area (Å²) < 4.78 is 5.13. The fourth-order valence-electron chi connectivity index (χ4n) is 4.82. The maximum atomic E-state index is 13.2. The van der Waals surface area contributed by atoms with E-state index in [0.29, 0.717) is 42.1 Å². The molecule has 33 heavy (non-hydrogen) atoms. The van der Waals surface area contributed by atoms with Gasteiger partial charge in [-0.3, -0.25) is 14.5 Å². The standard InChI is InChI=1S/C24H39N5O4/c1-5-27-12-14-28(15-13-27)11-9-25-22(30)19-8-7-10-29(16-19)23(31)21-17(3)20(18(4)26-21)24(32)33-6-2/h19,26H,5-16H2,1-4H3,(H,25,30). The second kappa shape index (κ2) is 11.7. The van der Waals surface area contributed by atoms with Crippen LogP contribution < -0.4 is 5.32 Å². The summed E-state index contributed by atoms with van der Waals surface area (Å²) in [7, 11) is 0. The number of carbonyl (C=O) groups is 3. The summed E-state index contributed by atoms with van der Waals surface area (Å²) >= 11 is 0. The van der Waals surface area contributed by atoms with Gasteiger partial charge in [0.25, 0.3) is 5.91 Å². The zero-order valence-electron chi connectivity index (χ0n) is 20.5. The first-order valence-electron chi connectivity index (χ1n) is 12.2. The number of piperazine rings is 1. The fourth-order valence-corrected chi connectivity index (χ4v) is 4.82. The zero-order valence-corrected chi connectivity index (χ0v) is 20.5. The first kappa shape index (κ1) is 25.2. The number of likely N-dealkylation sites (tertiary alicyclic amines) is 1. The van der Waals surface area contributed by atoms with Crippen LogP contribution in [0.1, 0.15) is 58.8 Å². The summed E-state index contributed by atoms with van der Waals surface area (Å²) in [4.78, 5) is 47.9. The van der Waals surface area contributed by atoms with Crippen molar-refractivity contribution in [3.8, 4) is 0 Å². The number of likely N-dealkylation sites (N-methyl/N-ethyl adjacent to an activating group) is 1. The molecule has 0 saturated carbocycles. The van der Waals surface area contributed by atoms with E-state index in [4.69, 9.17) is 4.74 Å². The van der Waals surface area contributed by atoms with Gasteiger partial charge in [-0.25, -0.2) is 4.79 Å². The molecule has 2 saturated heterocycles. The summed E-state index contributed by atoms with van der Waals surface area (Å²) in [6, 6.07) is 0. The Morgan fingerprint density at radius 3 is 2.42 bits per heavy atom. The van der Waals surface area contributed by atoms with Gasteiger partial charge in [0.15, 0.2) is 0 Å². The summed E-state index contributed by atoms with van der Waals surface area (Å²) in [5, 5.41) is 3.08. The quantitative estimate of drug-likeness (QED) is 0.568. The van der Waals surface area contributed by atoms with Crippen molar-refractivity contribution in [1.82, 2.24) is 25.0 Å². The van der Waals surface area contributed by atoms with Gasteiger partial charge in [0.1, 0.15) is 5.69 Å². The van der Waals surface area contributed by atoms with Gasteiger partial charge in [0.2, 0.25) is 5.91 Å². The molecule has 3 heterocycles. The number of rotatable bonds is 8. The van der Waals surface area contributed by atoms with Gasteiger partial charge in [-0.05, 0) is 45.7 Å². The third kappa shape index (κ3) is 6.14. The van der Waals surface area contributed by atoms with Gasteiger partial charge >= 0.3 is 5.97 Å². The molecular weight excluding hydrogens is 422 g/mol. The highest BCUT2D eigenvalue weighted by Gasteiger charge is 2.31. The van der Waals surface area contributed by atoms with Crippen LogP contribution in [0.15, 0.2) is 0 Å². The van der Waals surface area contributed by atoms with E-state index in [0.717, 1.165) is 52.1 Å². The Labute approximate surface area is 196 Å². The molecule has 9 heteroatoms. The first-order chi connectivity index (χ1) is 15.8. The highest BCUT2D eigenvalue weighted by molar-refractivity contribution is 6.00. The highest BCUT2D eigenvalue weighted by Crippen LogP contribution is 2.23. The Balaban J connectivity index is 1.52. The van der Waals surface area contributed by atoms with Crippen LogP contribution >= 0.6 is 0 Å². The normalized spacial score (nSPS) is 20.0. The first-order valence-corrected chi connectivity index (χ1v) is 12.2. The molecule has 2 aliphatic rings. The fraction of sp³-hybridized carbons (Fsp3) is 0.708. The molecule has 2 N–H and O–H groups in total. The minimum absolute atomic E-state index is 0.0197. The molecule has 0 spiro atoms. The number of nitrogens with one attached hydrogen (secondary N) is 2. The number of esters is 1. The summed E-state index contributed by atoms with van der Waals surface area (Å²) in [5.41, 5.74) is 2.06. The Hall–Kier alpha value is -2.39. The Morgan fingerprint density at radius 2 is 1.76 bits per heavy atom. The Morgan fingerprint density at radius 1 is 1.06 bits per heavy atom. The average Bonchev–Trinajstić information content (AvgIpc) is 3.12. The summed E-state index contributed by atoms with van der Waals surface area (Å²) in [5.74, 6) is -0.779. The van der Waals surface area contributed by atoms with Crippen molar-refractivity contribution in [1.29, 1.82) is 0 Å². The molecular formula is C24H39N5O4. The van der Waals surface area contributed by atoms with Crippen LogP contribution in [0.2, 0.25) is 0 Å². The van der Waals surface area contributed by atoms with Crippen molar-refractivity contribution >= 4 is 17.8 Å². The van der Waals surface area contributed by atoms with Crippen LogP contribution in [0.5, 0.6) is 0 Å². The third-order valence-corrected chi connectivity index (χ3v) is 6.85. The number of piperidine rings is 1. The summed E-state index contributed by atoms with van der Waals surface area (Å²) in [6.07, 6.45) is 1.56. The minimum Gasteiger partial charge on any atom is -0.462 e. The van der Waals surface area contributed by atoms with Crippen LogP contribution in [-0.2, 0) is 9.53 Å². The highest BCUT2D eigenvalue weighted by atomic mass is 16.5. The van der Waals surface area contributed by atoms with E-state index in [1.807, 2.05) is 0 Å². The number of H-pyrrole nitrogens is 1. The van der Waals surface area contributed by atoms with Gasteiger partial charge in [-0.15, -0.1) is 0 Å². The van der Waals surface area contributed by atoms with E-state index in [1.165, 1.54) is 0 Å². The Kier molecular flexibility index (Phi) is 8.91. The molecule has 2 amide bonds. The van der Waals surface area contributed by atoms with Crippen LogP contribution in [0.4, 0.5) is 0 Å². The van der Waals surface area contributed by atoms with E-state index < -0.39 is 5.97 Å². The zero-order chi connectivity index (χ0) is 24.0. The topological polar surface area (TPSA) is 98.0 Å². The molecule has 2 fully saturated rings. The van der Waals surface area contributed by atoms with Gasteiger partial charge < -0.3 is 24.8 Å². The number of hydrogen-bond donors (Lipinski definition) is 2. The smallest absolute Gasteiger partial charge is 0.340 e. The molecule has 1 atom stereocenters. The molecule has 0 bridgehead atoms. The van der Waals surface area contributed by atoms with Crippen molar-refractivity contribution < 1.29 is 19.1 Å². The second-order valence-electron chi connectivity index (χ2n) is 9.00. The monoisotopic (exact) mass is 461 g/mol. The molecule has 1 aromatic rings. The number of aryl methyl sites for hydroxylation is 1. The number of ether oxygens (including phenoxy) is 1. The average molecular weight is 462 g/mol. The van der Waals surface area contributed by atoms with E-state index in [9.17, 15) is 14.4 Å². The molecule has 3 rings (SSSR count). The molecule has 0 aliphatic carbocycles. The number of carbonyl (C=O) groups excluding carboxylic acids is 3. The molecule has 9 nitrogen and oxygen atoms in total. The van der Waals surface area contributed by atoms with Crippen LogP contribution in [0.25, 0.3) is 0 Å². The molecule has 2 aliphatic heterocycles. The predicted molar refractivity (Wildman–Crippen MR) is 126 cm³/mol. The van der Waals surface area contributed by atoms with Crippen molar-refractivity contribution in [2.45, 2.75) is 40.5 Å². The minimum atomic E-state index is -0.421. The molecule has 1 aromatic heterocycles. The van der Waals surface area contributed by atoms with E-state index in [1.54, 1.807) is 25.7 Å². The van der Waals surface area contributed by atoms with Crippen molar-refractivity contribution in [2.75, 3.05) is 65.5 Å². The molecule has 1 unspecified atom stereocenters. The van der Waals surface area contributed by atoms with E-state index in [2.05, 4.69) is 27.0 Å². The van der Waals surface area contributed by atoms with Crippen LogP contribution in [0.3, 0.4) is 0 Å². The predicted octanol–water partition coefficient (Wildman–Crippen LogP) is 1.41. The van der Waals surface area contributed by atoms with Crippen molar-refractivity contribution in [2.24, 2.45) is 5.92 Å². The molecule has 0 radical (unpaired) electrons. The lowest BCUT2D eigenvalue weighted by Gasteiger charge is -2.34. The SMILES string of the molecule is CCOC(=O)c1c(C)[nH]c(C(=O)N2CCCC(C(=O)NCCN3CCN(CC)CC3)C2)c1C. The largest absolute Gasteiger partial charge is 0.462 e. The third-order valence-electron chi connectivity index (χ3n) is 6.85. The number of hydrogen-bond acceptors (Lipinski definition) is 6. The van der Waals surface area contributed by atoms with Crippen LogP contribution in [-0.4, -0.2) is 103 Å². The van der Waals surface area contributed by atoms with Gasteiger partial charge in [-0.1, -0.05) is 6.92 Å². The van der Waals surface area contributed by atoms with E-state index in [-0.39, 0.29) is 24.3 Å². The lowest BCUT2D eigenvalue weighted by Crippen LogP contribution is -2.49. The van der Waals surface area contributed by atoms with Gasteiger partial charge in [0, 0.05) is 58.1 Å².